The lowest BCUT2D eigenvalue weighted by molar-refractivity contribution is -0.895. The molecule has 1 heterocycles. The number of sulfonamides is 1. The lowest BCUT2D eigenvalue weighted by Gasteiger charge is -2.31. The Morgan fingerprint density at radius 3 is 2.31 bits per heavy atom. The number of carbonyl (C=O) groups is 2. The maximum Gasteiger partial charge on any atom is 0.275 e. The van der Waals surface area contributed by atoms with Gasteiger partial charge >= 0.3 is 0 Å². The van der Waals surface area contributed by atoms with Gasteiger partial charge in [0.25, 0.3) is 5.91 Å². The van der Waals surface area contributed by atoms with Gasteiger partial charge in [-0.1, -0.05) is 25.5 Å². The molecule has 0 radical (unpaired) electrons. The second kappa shape index (κ2) is 10.7. The molecule has 1 aliphatic heterocycles. The van der Waals surface area contributed by atoms with E-state index in [0.29, 0.717) is 37.6 Å². The second-order valence-electron chi connectivity index (χ2n) is 7.41. The summed E-state index contributed by atoms with van der Waals surface area (Å²) in [6.07, 6.45) is 1.95. The predicted octanol–water partition coefficient (Wildman–Crippen LogP) is -0.831. The highest BCUT2D eigenvalue weighted by atomic mass is 32.2. The lowest BCUT2D eigenvalue weighted by atomic mass is 10.1. The van der Waals surface area contributed by atoms with Crippen LogP contribution in [0.25, 0.3) is 0 Å². The minimum atomic E-state index is -3.52. The van der Waals surface area contributed by atoms with Gasteiger partial charge in [-0.05, 0) is 38.0 Å². The maximum atomic E-state index is 12.9. The van der Waals surface area contributed by atoms with Gasteiger partial charge in [0.15, 0.2) is 6.54 Å². The van der Waals surface area contributed by atoms with Gasteiger partial charge in [0.2, 0.25) is 15.9 Å². The van der Waals surface area contributed by atoms with E-state index in [-0.39, 0.29) is 18.4 Å². The molecule has 1 saturated heterocycles. The Morgan fingerprint density at radius 2 is 1.76 bits per heavy atom. The van der Waals surface area contributed by atoms with E-state index in [2.05, 4.69) is 17.6 Å². The number of likely N-dealkylation sites (N-methyl/N-ethyl adjacent to an activating group) is 1. The van der Waals surface area contributed by atoms with Crippen LogP contribution < -0.4 is 15.5 Å². The summed E-state index contributed by atoms with van der Waals surface area (Å²) in [5, 5.41) is 5.36. The molecule has 2 rings (SSSR count). The van der Waals surface area contributed by atoms with Crippen molar-refractivity contribution in [3.63, 3.8) is 0 Å². The van der Waals surface area contributed by atoms with Gasteiger partial charge in [-0.15, -0.1) is 0 Å². The summed E-state index contributed by atoms with van der Waals surface area (Å²) in [6, 6.07) is 6.51. The highest BCUT2D eigenvalue weighted by Crippen LogP contribution is 2.17. The van der Waals surface area contributed by atoms with Crippen molar-refractivity contribution in [3.8, 4) is 0 Å². The van der Waals surface area contributed by atoms with E-state index in [1.54, 1.807) is 19.1 Å². The number of hydrogen-bond acceptors (Lipinski definition) is 4. The number of amides is 2. The van der Waals surface area contributed by atoms with Gasteiger partial charge in [0, 0.05) is 6.54 Å². The van der Waals surface area contributed by atoms with E-state index >= 15 is 0 Å². The standard InChI is InChI=1S/C20H32N4O4S/c1-4-6-17-7-9-18(10-8-17)29(27,28)24-13-11-23(12-14-24)15-19(25)22-16(3)20(26)21-5-2/h7-10,16H,4-6,11-15H2,1-3H3,(H,21,26)(H,22,25)/p+1/t16-/m0/s1. The highest BCUT2D eigenvalue weighted by molar-refractivity contribution is 7.89. The fourth-order valence-electron chi connectivity index (χ4n) is 3.40. The third kappa shape index (κ3) is 6.52. The number of carbonyl (C=O) groups excluding carboxylic acids is 2. The summed E-state index contributed by atoms with van der Waals surface area (Å²) in [4.78, 5) is 25.2. The van der Waals surface area contributed by atoms with Crippen molar-refractivity contribution in [1.29, 1.82) is 0 Å². The van der Waals surface area contributed by atoms with Crippen LogP contribution in [0.3, 0.4) is 0 Å². The van der Waals surface area contributed by atoms with Crippen LogP contribution in [0.5, 0.6) is 0 Å². The van der Waals surface area contributed by atoms with Crippen LogP contribution in [-0.4, -0.2) is 69.8 Å². The molecular weight excluding hydrogens is 392 g/mol. The molecule has 162 valence electrons. The summed E-state index contributed by atoms with van der Waals surface area (Å²) < 4.78 is 27.2. The first-order chi connectivity index (χ1) is 13.8. The van der Waals surface area contributed by atoms with Crippen LogP contribution in [0.1, 0.15) is 32.8 Å². The van der Waals surface area contributed by atoms with Crippen LogP contribution in [0.4, 0.5) is 0 Å². The molecule has 3 N–H and O–H groups in total. The van der Waals surface area contributed by atoms with E-state index in [9.17, 15) is 18.0 Å². The van der Waals surface area contributed by atoms with Crippen molar-refractivity contribution in [1.82, 2.24) is 14.9 Å². The molecular formula is C20H33N4O4S+. The average molecular weight is 426 g/mol. The summed E-state index contributed by atoms with van der Waals surface area (Å²) in [5.74, 6) is -0.418. The first-order valence-electron chi connectivity index (χ1n) is 10.3. The first-order valence-corrected chi connectivity index (χ1v) is 11.7. The van der Waals surface area contributed by atoms with Gasteiger partial charge in [-0.2, -0.15) is 4.31 Å². The molecule has 0 saturated carbocycles. The number of piperazine rings is 1. The largest absolute Gasteiger partial charge is 0.355 e. The number of rotatable bonds is 9. The number of quaternary nitrogens is 1. The monoisotopic (exact) mass is 425 g/mol. The van der Waals surface area contributed by atoms with Gasteiger partial charge in [-0.3, -0.25) is 9.59 Å². The molecule has 29 heavy (non-hydrogen) atoms. The smallest absolute Gasteiger partial charge is 0.275 e. The molecule has 1 aromatic rings. The minimum absolute atomic E-state index is 0.207. The van der Waals surface area contributed by atoms with Gasteiger partial charge < -0.3 is 15.5 Å². The fourth-order valence-corrected chi connectivity index (χ4v) is 4.84. The number of aryl methyl sites for hydroxylation is 1. The van der Waals surface area contributed by atoms with Crippen LogP contribution in [0.15, 0.2) is 29.2 Å². The number of nitrogens with zero attached hydrogens (tertiary/aromatic N) is 1. The van der Waals surface area contributed by atoms with E-state index in [1.807, 2.05) is 19.1 Å². The average Bonchev–Trinajstić information content (AvgIpc) is 2.69. The molecule has 1 fully saturated rings. The van der Waals surface area contributed by atoms with Gasteiger partial charge in [0.1, 0.15) is 6.04 Å². The SMILES string of the molecule is CCCc1ccc(S(=O)(=O)N2CC[NH+](CC(=O)N[C@@H](C)C(=O)NCC)CC2)cc1. The Labute approximate surface area is 173 Å². The predicted molar refractivity (Wildman–Crippen MR) is 111 cm³/mol. The number of benzene rings is 1. The third-order valence-corrected chi connectivity index (χ3v) is 6.97. The van der Waals surface area contributed by atoms with Crippen LogP contribution in [0.2, 0.25) is 0 Å². The zero-order valence-electron chi connectivity index (χ0n) is 17.5. The summed E-state index contributed by atoms with van der Waals surface area (Å²) >= 11 is 0. The molecule has 0 unspecified atom stereocenters. The zero-order valence-corrected chi connectivity index (χ0v) is 18.3. The Morgan fingerprint density at radius 1 is 1.14 bits per heavy atom. The number of hydrogen-bond donors (Lipinski definition) is 3. The van der Waals surface area contributed by atoms with Crippen molar-refractivity contribution in [2.24, 2.45) is 0 Å². The molecule has 0 bridgehead atoms. The number of nitrogens with one attached hydrogen (secondary N) is 3. The lowest BCUT2D eigenvalue weighted by Crippen LogP contribution is -3.15. The summed E-state index contributed by atoms with van der Waals surface area (Å²) in [7, 11) is -3.52. The molecule has 0 spiro atoms. The van der Waals surface area contributed by atoms with Crippen LogP contribution in [-0.2, 0) is 26.0 Å². The topological polar surface area (TPSA) is 100 Å². The quantitative estimate of drug-likeness (QED) is 0.481. The highest BCUT2D eigenvalue weighted by Gasteiger charge is 2.31. The normalized spacial score (nSPS) is 16.9. The van der Waals surface area contributed by atoms with Crippen molar-refractivity contribution in [2.75, 3.05) is 39.3 Å². The molecule has 9 heteroatoms. The molecule has 0 aromatic heterocycles. The van der Waals surface area contributed by atoms with E-state index < -0.39 is 16.1 Å². The third-order valence-electron chi connectivity index (χ3n) is 5.06. The molecule has 2 amide bonds. The molecule has 0 aliphatic carbocycles. The summed E-state index contributed by atoms with van der Waals surface area (Å²) in [6.45, 7) is 8.14. The van der Waals surface area contributed by atoms with Crippen molar-refractivity contribution in [3.05, 3.63) is 29.8 Å². The van der Waals surface area contributed by atoms with Crippen molar-refractivity contribution < 1.29 is 22.9 Å². The first kappa shape index (κ1) is 23.3. The Balaban J connectivity index is 1.86. The maximum absolute atomic E-state index is 12.9. The molecule has 1 aliphatic rings. The molecule has 1 aromatic carbocycles. The Bertz CT molecular complexity index is 787. The molecule has 1 atom stereocenters. The van der Waals surface area contributed by atoms with Crippen LogP contribution >= 0.6 is 0 Å². The van der Waals surface area contributed by atoms with Crippen molar-refractivity contribution >= 4 is 21.8 Å². The van der Waals surface area contributed by atoms with Gasteiger partial charge in [0.05, 0.1) is 31.1 Å². The molecule has 8 nitrogen and oxygen atoms in total. The van der Waals surface area contributed by atoms with E-state index in [0.717, 1.165) is 23.3 Å². The van der Waals surface area contributed by atoms with Crippen LogP contribution in [0, 0.1) is 0 Å². The van der Waals surface area contributed by atoms with Gasteiger partial charge in [-0.25, -0.2) is 8.42 Å². The van der Waals surface area contributed by atoms with Crippen molar-refractivity contribution in [2.45, 2.75) is 44.6 Å². The minimum Gasteiger partial charge on any atom is -0.355 e. The van der Waals surface area contributed by atoms with E-state index in [1.165, 1.54) is 4.31 Å². The van der Waals surface area contributed by atoms with E-state index in [4.69, 9.17) is 0 Å². The Hall–Kier alpha value is -1.97. The fraction of sp³-hybridized carbons (Fsp3) is 0.600. The summed E-state index contributed by atoms with van der Waals surface area (Å²) in [5.41, 5.74) is 1.13. The Kier molecular flexibility index (Phi) is 8.60. The zero-order chi connectivity index (χ0) is 21.4. The second-order valence-corrected chi connectivity index (χ2v) is 9.35.